The second kappa shape index (κ2) is 14.2. The summed E-state index contributed by atoms with van der Waals surface area (Å²) in [5, 5.41) is 12.0. The number of fused-ring (bicyclic) bond motifs is 15. The van der Waals surface area contributed by atoms with Gasteiger partial charge in [0, 0.05) is 54.5 Å². The van der Waals surface area contributed by atoms with Crippen molar-refractivity contribution in [1.82, 2.24) is 23.3 Å². The number of rotatable bonds is 5. The zero-order valence-electron chi connectivity index (χ0n) is 36.8. The van der Waals surface area contributed by atoms with Crippen LogP contribution in [0.5, 0.6) is 0 Å². The van der Waals surface area contributed by atoms with E-state index in [1.54, 1.807) is 0 Å². The van der Waals surface area contributed by atoms with E-state index in [0.717, 1.165) is 67.2 Å². The molecule has 5 nitrogen and oxygen atoms in total. The molecule has 15 aromatic rings. The Morgan fingerprint density at radius 3 is 1.03 bits per heavy atom. The number of benzene rings is 10. The second-order valence-electron chi connectivity index (χ2n) is 17.9. The molecule has 15 rings (SSSR count). The lowest BCUT2D eigenvalue weighted by Crippen LogP contribution is -2.06. The predicted octanol–water partition coefficient (Wildman–Crippen LogP) is 16.3. The van der Waals surface area contributed by atoms with Crippen molar-refractivity contribution in [2.45, 2.75) is 0 Å². The predicted molar refractivity (Wildman–Crippen MR) is 285 cm³/mol. The van der Waals surface area contributed by atoms with Crippen molar-refractivity contribution in [2.75, 3.05) is 0 Å². The molecule has 0 aliphatic rings. The third-order valence-electron chi connectivity index (χ3n) is 14.3. The zero-order chi connectivity index (χ0) is 44.5. The van der Waals surface area contributed by atoms with Gasteiger partial charge in [0.05, 0.1) is 44.1 Å². The van der Waals surface area contributed by atoms with Gasteiger partial charge in [-0.1, -0.05) is 170 Å². The summed E-state index contributed by atoms with van der Waals surface area (Å²) in [5.41, 5.74) is 13.5. The van der Waals surface area contributed by atoms with Gasteiger partial charge in [0.2, 0.25) is 0 Å². The van der Waals surface area contributed by atoms with Gasteiger partial charge in [-0.2, -0.15) is 0 Å². The van der Waals surface area contributed by atoms with E-state index in [4.69, 9.17) is 4.98 Å². The van der Waals surface area contributed by atoms with Crippen LogP contribution in [0.25, 0.3) is 132 Å². The van der Waals surface area contributed by atoms with Crippen LogP contribution in [0.15, 0.2) is 237 Å². The largest absolute Gasteiger partial charge is 0.307 e. The van der Waals surface area contributed by atoms with Crippen molar-refractivity contribution in [3.8, 4) is 34.1 Å². The normalized spacial score (nSPS) is 12.1. The summed E-state index contributed by atoms with van der Waals surface area (Å²) >= 11 is 0. The van der Waals surface area contributed by atoms with Crippen LogP contribution in [0.2, 0.25) is 0 Å². The summed E-state index contributed by atoms with van der Waals surface area (Å²) in [4.78, 5) is 5.94. The topological polar surface area (TPSA) is 32.6 Å². The first kappa shape index (κ1) is 37.1. The fourth-order valence-electron chi connectivity index (χ4n) is 11.4. The Labute approximate surface area is 390 Å². The van der Waals surface area contributed by atoms with Crippen LogP contribution in [0.4, 0.5) is 0 Å². The highest BCUT2D eigenvalue weighted by Crippen LogP contribution is 2.45. The molecule has 316 valence electrons. The maximum atomic E-state index is 5.94. The van der Waals surface area contributed by atoms with Gasteiger partial charge >= 0.3 is 0 Å². The van der Waals surface area contributed by atoms with E-state index in [9.17, 15) is 0 Å². The molecule has 68 heavy (non-hydrogen) atoms. The Kier molecular flexibility index (Phi) is 7.72. The molecule has 0 atom stereocenters. The third kappa shape index (κ3) is 5.18. The summed E-state index contributed by atoms with van der Waals surface area (Å²) in [6.07, 6.45) is 0. The molecule has 0 aliphatic carbocycles. The summed E-state index contributed by atoms with van der Waals surface area (Å²) in [6, 6.07) is 86.1. The van der Waals surface area contributed by atoms with Crippen molar-refractivity contribution in [1.29, 1.82) is 0 Å². The van der Waals surface area contributed by atoms with Crippen LogP contribution in [0, 0.1) is 0 Å². The Bertz CT molecular complexity index is 4300. The van der Waals surface area contributed by atoms with Gasteiger partial charge in [-0.15, -0.1) is 0 Å². The average Bonchev–Trinajstić information content (AvgIpc) is 4.14. The molecule has 0 N–H and O–H groups in total. The highest BCUT2D eigenvalue weighted by Gasteiger charge is 2.25. The van der Waals surface area contributed by atoms with Gasteiger partial charge in [-0.3, -0.25) is 9.13 Å². The molecule has 0 saturated carbocycles. The summed E-state index contributed by atoms with van der Waals surface area (Å²) in [5.74, 6) is 1.69. The standard InChI is InChI=1S/C63H39N5/c1-3-19-44(20-4-1)65-54-27-13-9-23-46(54)50-33-35-52-48-25-11-15-29-56(48)67(62(52)60(50)65)58-38-43(42-32-31-40-17-7-8-18-41(40)37-42)39-59(64-58)68-57-30-16-12-26-49(57)53-36-34-51-47-24-10-14-28-55(47)66(61(51)63(53)68)45-21-5-2-6-22-45/h1-39H. The first-order valence-electron chi connectivity index (χ1n) is 23.3. The maximum Gasteiger partial charge on any atom is 0.140 e. The molecule has 5 aromatic heterocycles. The first-order valence-corrected chi connectivity index (χ1v) is 23.3. The van der Waals surface area contributed by atoms with Crippen LogP contribution >= 0.6 is 0 Å². The van der Waals surface area contributed by atoms with Gasteiger partial charge in [0.1, 0.15) is 11.6 Å². The summed E-state index contributed by atoms with van der Waals surface area (Å²) < 4.78 is 9.76. The Morgan fingerprint density at radius 1 is 0.235 bits per heavy atom. The van der Waals surface area contributed by atoms with Gasteiger partial charge in [-0.25, -0.2) is 4.98 Å². The van der Waals surface area contributed by atoms with Crippen LogP contribution in [-0.4, -0.2) is 23.3 Å². The van der Waals surface area contributed by atoms with E-state index in [-0.39, 0.29) is 0 Å². The van der Waals surface area contributed by atoms with Gasteiger partial charge < -0.3 is 9.13 Å². The van der Waals surface area contributed by atoms with Crippen LogP contribution < -0.4 is 0 Å². The Hall–Kier alpha value is -9.19. The molecule has 5 heterocycles. The first-order chi connectivity index (χ1) is 33.8. The summed E-state index contributed by atoms with van der Waals surface area (Å²) in [7, 11) is 0. The molecular formula is C63H39N5. The fourth-order valence-corrected chi connectivity index (χ4v) is 11.4. The van der Waals surface area contributed by atoms with Crippen molar-refractivity contribution in [2.24, 2.45) is 0 Å². The molecule has 10 aromatic carbocycles. The van der Waals surface area contributed by atoms with Crippen molar-refractivity contribution in [3.05, 3.63) is 237 Å². The van der Waals surface area contributed by atoms with E-state index in [1.165, 1.54) is 64.9 Å². The van der Waals surface area contributed by atoms with Crippen molar-refractivity contribution < 1.29 is 0 Å². The molecule has 5 heteroatoms. The van der Waals surface area contributed by atoms with Crippen LogP contribution in [0.1, 0.15) is 0 Å². The minimum Gasteiger partial charge on any atom is -0.307 e. The molecule has 0 saturated heterocycles. The number of aromatic nitrogens is 5. The monoisotopic (exact) mass is 865 g/mol. The molecule has 0 spiro atoms. The van der Waals surface area contributed by atoms with E-state index < -0.39 is 0 Å². The fraction of sp³-hybridized carbons (Fsp3) is 0. The molecule has 0 radical (unpaired) electrons. The maximum absolute atomic E-state index is 5.94. The zero-order valence-corrected chi connectivity index (χ0v) is 36.8. The molecule has 0 aliphatic heterocycles. The molecule has 0 bridgehead atoms. The molecule has 0 amide bonds. The highest BCUT2D eigenvalue weighted by molar-refractivity contribution is 6.25. The summed E-state index contributed by atoms with van der Waals surface area (Å²) in [6.45, 7) is 0. The second-order valence-corrected chi connectivity index (χ2v) is 17.9. The quantitative estimate of drug-likeness (QED) is 0.170. The molecular weight excluding hydrogens is 827 g/mol. The number of hydrogen-bond donors (Lipinski definition) is 0. The van der Waals surface area contributed by atoms with E-state index in [2.05, 4.69) is 255 Å². The van der Waals surface area contributed by atoms with Gasteiger partial charge in [0.15, 0.2) is 0 Å². The van der Waals surface area contributed by atoms with Crippen LogP contribution in [-0.2, 0) is 0 Å². The van der Waals surface area contributed by atoms with Gasteiger partial charge in [-0.05, 0) is 88.6 Å². The minimum absolute atomic E-state index is 0.843. The smallest absolute Gasteiger partial charge is 0.140 e. The van der Waals surface area contributed by atoms with E-state index >= 15 is 0 Å². The lowest BCUT2D eigenvalue weighted by molar-refractivity contribution is 1.01. The number of nitrogens with zero attached hydrogens (tertiary/aromatic N) is 5. The Balaban J connectivity index is 1.13. The van der Waals surface area contributed by atoms with E-state index in [0.29, 0.717) is 0 Å². The number of pyridine rings is 1. The van der Waals surface area contributed by atoms with E-state index in [1.807, 2.05) is 0 Å². The van der Waals surface area contributed by atoms with Crippen LogP contribution in [0.3, 0.4) is 0 Å². The molecule has 0 unspecified atom stereocenters. The minimum atomic E-state index is 0.843. The number of hydrogen-bond acceptors (Lipinski definition) is 1. The molecule has 0 fully saturated rings. The lowest BCUT2D eigenvalue weighted by Gasteiger charge is -2.17. The Morgan fingerprint density at radius 2 is 0.588 bits per heavy atom. The van der Waals surface area contributed by atoms with Crippen molar-refractivity contribution in [3.63, 3.8) is 0 Å². The van der Waals surface area contributed by atoms with Gasteiger partial charge in [0.25, 0.3) is 0 Å². The highest BCUT2D eigenvalue weighted by atomic mass is 15.2. The SMILES string of the molecule is c1ccc(-n2c3ccccc3c3ccc4c5ccccc5n(-c5cc(-c6ccc7ccccc7c6)cc(-n6c7ccccc7c7ccc8c9ccccc9n(-c9ccccc9)c8c76)n5)c4c32)cc1. The number of para-hydroxylation sites is 6. The van der Waals surface area contributed by atoms with Crippen molar-refractivity contribution >= 4 is 98.0 Å². The third-order valence-corrected chi connectivity index (χ3v) is 14.3. The average molecular weight is 866 g/mol. The lowest BCUT2D eigenvalue weighted by atomic mass is 10.0.